The minimum atomic E-state index is -5.08. The Hall–Kier alpha value is -2.99. The zero-order valence-electron chi connectivity index (χ0n) is 15.4. The maximum Gasteiger partial charge on any atom is 0.490 e. The van der Waals surface area contributed by atoms with Crippen LogP contribution in [0.2, 0.25) is 5.02 Å². The molecular formula is C17H16ClF3N2O6S. The first-order valence-electron chi connectivity index (χ1n) is 7.79. The van der Waals surface area contributed by atoms with Gasteiger partial charge >= 0.3 is 18.1 Å². The summed E-state index contributed by atoms with van der Waals surface area (Å²) in [7, 11) is -0.501. The molecule has 0 saturated carbocycles. The monoisotopic (exact) mass is 468 g/mol. The number of carbonyl (C=O) groups is 2. The third-order valence-corrected chi connectivity index (χ3v) is 5.21. The van der Waals surface area contributed by atoms with Crippen LogP contribution < -0.4 is 9.62 Å². The quantitative estimate of drug-likeness (QED) is 0.613. The van der Waals surface area contributed by atoms with Crippen molar-refractivity contribution >= 4 is 44.9 Å². The van der Waals surface area contributed by atoms with Crippen molar-refractivity contribution in [3.05, 3.63) is 53.1 Å². The Kier molecular flexibility index (Phi) is 8.08. The van der Waals surface area contributed by atoms with E-state index in [1.165, 1.54) is 30.3 Å². The number of benzene rings is 2. The van der Waals surface area contributed by atoms with Gasteiger partial charge in [-0.05, 0) is 30.3 Å². The van der Waals surface area contributed by atoms with Gasteiger partial charge in [0.1, 0.15) is 4.90 Å². The lowest BCUT2D eigenvalue weighted by Gasteiger charge is -2.17. The van der Waals surface area contributed by atoms with Crippen molar-refractivity contribution < 1.29 is 41.4 Å². The van der Waals surface area contributed by atoms with E-state index >= 15 is 0 Å². The first kappa shape index (κ1) is 25.0. The summed E-state index contributed by atoms with van der Waals surface area (Å²) >= 11 is 5.90. The Morgan fingerprint density at radius 2 is 1.60 bits per heavy atom. The molecule has 0 atom stereocenters. The van der Waals surface area contributed by atoms with E-state index in [9.17, 15) is 31.5 Å². The molecule has 0 saturated heterocycles. The number of nitrogens with one attached hydrogen (secondary N) is 1. The number of rotatable bonds is 5. The highest BCUT2D eigenvalue weighted by molar-refractivity contribution is 7.92. The van der Waals surface area contributed by atoms with Crippen molar-refractivity contribution in [2.45, 2.75) is 11.1 Å². The third kappa shape index (κ3) is 6.81. The number of carboxylic acid groups (broad SMARTS) is 2. The van der Waals surface area contributed by atoms with E-state index in [1.54, 1.807) is 31.1 Å². The number of carboxylic acids is 2. The SMILES string of the molecule is CN(C)c1ccc(NS(=O)(=O)c2ccccc2Cl)cc1C(=O)O.O=C(O)C(F)(F)F. The van der Waals surface area contributed by atoms with Crippen LogP contribution in [0.1, 0.15) is 10.4 Å². The molecule has 0 amide bonds. The van der Waals surface area contributed by atoms with Crippen LogP contribution in [0.15, 0.2) is 47.4 Å². The van der Waals surface area contributed by atoms with Crippen molar-refractivity contribution in [3.63, 3.8) is 0 Å². The second kappa shape index (κ2) is 9.67. The van der Waals surface area contributed by atoms with Crippen LogP contribution in [0.5, 0.6) is 0 Å². The molecule has 0 fully saturated rings. The molecule has 0 bridgehead atoms. The summed E-state index contributed by atoms with van der Waals surface area (Å²) in [5, 5.41) is 16.5. The zero-order valence-corrected chi connectivity index (χ0v) is 17.0. The third-order valence-electron chi connectivity index (χ3n) is 3.33. The summed E-state index contributed by atoms with van der Waals surface area (Å²) in [5.74, 6) is -3.90. The van der Waals surface area contributed by atoms with Crippen molar-refractivity contribution in [3.8, 4) is 0 Å². The highest BCUT2D eigenvalue weighted by Crippen LogP contribution is 2.27. The van der Waals surface area contributed by atoms with Crippen molar-refractivity contribution in [2.24, 2.45) is 0 Å². The molecule has 0 aliphatic rings. The Balaban J connectivity index is 0.000000553. The largest absolute Gasteiger partial charge is 0.490 e. The number of hydrogen-bond donors (Lipinski definition) is 3. The molecule has 30 heavy (non-hydrogen) atoms. The molecule has 3 N–H and O–H groups in total. The van der Waals surface area contributed by atoms with Crippen LogP contribution in [0, 0.1) is 0 Å². The highest BCUT2D eigenvalue weighted by Gasteiger charge is 2.38. The highest BCUT2D eigenvalue weighted by atomic mass is 35.5. The molecule has 13 heteroatoms. The molecule has 0 heterocycles. The molecule has 8 nitrogen and oxygen atoms in total. The second-order valence-corrected chi connectivity index (χ2v) is 7.83. The summed E-state index contributed by atoms with van der Waals surface area (Å²) in [6, 6.07) is 10.3. The van der Waals surface area contributed by atoms with Gasteiger partial charge in [-0.3, -0.25) is 4.72 Å². The van der Waals surface area contributed by atoms with Crippen molar-refractivity contribution in [1.29, 1.82) is 0 Å². The molecule has 0 radical (unpaired) electrons. The van der Waals surface area contributed by atoms with Crippen LogP contribution in [-0.2, 0) is 14.8 Å². The van der Waals surface area contributed by atoms with Crippen LogP contribution in [-0.4, -0.2) is 50.8 Å². The zero-order chi connectivity index (χ0) is 23.3. The fourth-order valence-electron chi connectivity index (χ4n) is 2.03. The molecule has 0 aliphatic heterocycles. The van der Waals surface area contributed by atoms with Gasteiger partial charge < -0.3 is 15.1 Å². The fourth-order valence-corrected chi connectivity index (χ4v) is 3.60. The Labute approximate surface area is 174 Å². The fraction of sp³-hybridized carbons (Fsp3) is 0.176. The van der Waals surface area contributed by atoms with Crippen LogP contribution in [0.3, 0.4) is 0 Å². The van der Waals surface area contributed by atoms with E-state index in [-0.39, 0.29) is 21.2 Å². The van der Waals surface area contributed by atoms with Gasteiger partial charge in [0.25, 0.3) is 10.0 Å². The van der Waals surface area contributed by atoms with Gasteiger partial charge in [-0.2, -0.15) is 13.2 Å². The first-order chi connectivity index (χ1) is 13.7. The number of aromatic carboxylic acids is 1. The van der Waals surface area contributed by atoms with E-state index < -0.39 is 28.1 Å². The number of anilines is 2. The summed E-state index contributed by atoms with van der Waals surface area (Å²) in [6.07, 6.45) is -5.08. The molecule has 164 valence electrons. The number of nitrogens with zero attached hydrogens (tertiary/aromatic N) is 1. The van der Waals surface area contributed by atoms with Gasteiger partial charge in [0.05, 0.1) is 16.3 Å². The number of sulfonamides is 1. The number of halogens is 4. The summed E-state index contributed by atoms with van der Waals surface area (Å²) in [5.41, 5.74) is 0.612. The smallest absolute Gasteiger partial charge is 0.478 e. The van der Waals surface area contributed by atoms with Crippen LogP contribution >= 0.6 is 11.6 Å². The number of alkyl halides is 3. The Bertz CT molecular complexity index is 1040. The predicted molar refractivity (Wildman–Crippen MR) is 104 cm³/mol. The number of hydrogen-bond acceptors (Lipinski definition) is 5. The molecule has 2 aromatic rings. The predicted octanol–water partition coefficient (Wildman–Crippen LogP) is 3.54. The van der Waals surface area contributed by atoms with E-state index in [4.69, 9.17) is 21.5 Å². The van der Waals surface area contributed by atoms with Crippen LogP contribution in [0.25, 0.3) is 0 Å². The van der Waals surface area contributed by atoms with Gasteiger partial charge in [-0.25, -0.2) is 18.0 Å². The maximum atomic E-state index is 12.4. The Morgan fingerprint density at radius 3 is 2.03 bits per heavy atom. The van der Waals surface area contributed by atoms with Gasteiger partial charge in [0, 0.05) is 19.8 Å². The normalized spacial score (nSPS) is 11.1. The molecule has 0 aliphatic carbocycles. The molecule has 0 aromatic heterocycles. The Morgan fingerprint density at radius 1 is 1.07 bits per heavy atom. The second-order valence-electron chi connectivity index (χ2n) is 5.77. The molecule has 2 rings (SSSR count). The lowest BCUT2D eigenvalue weighted by molar-refractivity contribution is -0.192. The van der Waals surface area contributed by atoms with Gasteiger partial charge in [-0.1, -0.05) is 23.7 Å². The standard InChI is InChI=1S/C15H15ClN2O4S.C2HF3O2/c1-18(2)13-8-7-10(9-11(13)15(19)20)17-23(21,22)14-6-4-3-5-12(14)16;3-2(4,5)1(6)7/h3-9,17H,1-2H3,(H,19,20);(H,6,7). The topological polar surface area (TPSA) is 124 Å². The van der Waals surface area contributed by atoms with E-state index in [0.717, 1.165) is 0 Å². The molecule has 0 unspecified atom stereocenters. The molecule has 0 spiro atoms. The summed E-state index contributed by atoms with van der Waals surface area (Å²) in [6.45, 7) is 0. The van der Waals surface area contributed by atoms with Gasteiger partial charge in [0.15, 0.2) is 0 Å². The van der Waals surface area contributed by atoms with E-state index in [2.05, 4.69) is 4.72 Å². The summed E-state index contributed by atoms with van der Waals surface area (Å²) in [4.78, 5) is 21.8. The molecule has 2 aromatic carbocycles. The minimum Gasteiger partial charge on any atom is -0.478 e. The molecular weight excluding hydrogens is 453 g/mol. The van der Waals surface area contributed by atoms with Crippen molar-refractivity contribution in [2.75, 3.05) is 23.7 Å². The van der Waals surface area contributed by atoms with E-state index in [0.29, 0.717) is 5.69 Å². The van der Waals surface area contributed by atoms with Crippen molar-refractivity contribution in [1.82, 2.24) is 0 Å². The average molecular weight is 469 g/mol. The lowest BCUT2D eigenvalue weighted by Crippen LogP contribution is -2.21. The first-order valence-corrected chi connectivity index (χ1v) is 9.65. The summed E-state index contributed by atoms with van der Waals surface area (Å²) < 4.78 is 58.8. The minimum absolute atomic E-state index is 0.00522. The number of aliphatic carboxylic acids is 1. The average Bonchev–Trinajstić information content (AvgIpc) is 2.61. The maximum absolute atomic E-state index is 12.4. The lowest BCUT2D eigenvalue weighted by atomic mass is 10.1. The van der Waals surface area contributed by atoms with Crippen LogP contribution in [0.4, 0.5) is 24.5 Å². The van der Waals surface area contributed by atoms with Gasteiger partial charge in [-0.15, -0.1) is 0 Å². The van der Waals surface area contributed by atoms with E-state index in [1.807, 2.05) is 0 Å². The van der Waals surface area contributed by atoms with Gasteiger partial charge in [0.2, 0.25) is 0 Å².